The summed E-state index contributed by atoms with van der Waals surface area (Å²) < 4.78 is 5.93. The lowest BCUT2D eigenvalue weighted by atomic mass is 10.1. The van der Waals surface area contributed by atoms with Crippen molar-refractivity contribution < 1.29 is 14.6 Å². The lowest BCUT2D eigenvalue weighted by Crippen LogP contribution is -2.22. The van der Waals surface area contributed by atoms with Crippen LogP contribution >= 0.6 is 0 Å². The maximum Gasteiger partial charge on any atom is 0.310 e. The Morgan fingerprint density at radius 3 is 2.31 bits per heavy atom. The Balaban J connectivity index is 1.91. The number of ether oxygens (including phenoxy) is 1. The van der Waals surface area contributed by atoms with Crippen molar-refractivity contribution >= 4 is 5.97 Å². The lowest BCUT2D eigenvalue weighted by Gasteiger charge is -2.18. The molecule has 0 spiro atoms. The molecule has 2 aliphatic rings. The molecule has 3 nitrogen and oxygen atoms in total. The summed E-state index contributed by atoms with van der Waals surface area (Å²) in [4.78, 5) is 11.1. The van der Waals surface area contributed by atoms with Crippen LogP contribution in [0.1, 0.15) is 46.5 Å². The summed E-state index contributed by atoms with van der Waals surface area (Å²) in [6.45, 7) is 6.66. The number of hydrogen-bond acceptors (Lipinski definition) is 2. The van der Waals surface area contributed by atoms with Gasteiger partial charge < -0.3 is 9.84 Å². The van der Waals surface area contributed by atoms with Crippen molar-refractivity contribution in [1.29, 1.82) is 0 Å². The molecule has 2 unspecified atom stereocenters. The monoisotopic (exact) mass is 226 g/mol. The quantitative estimate of drug-likeness (QED) is 0.801. The van der Waals surface area contributed by atoms with Crippen LogP contribution in [0.25, 0.3) is 0 Å². The maximum atomic E-state index is 11.1. The average molecular weight is 226 g/mol. The molecule has 2 fully saturated rings. The molecule has 0 amide bonds. The summed E-state index contributed by atoms with van der Waals surface area (Å²) >= 11 is 0. The molecule has 16 heavy (non-hydrogen) atoms. The Hall–Kier alpha value is -0.570. The predicted octanol–water partition coefficient (Wildman–Crippen LogP) is 2.69. The van der Waals surface area contributed by atoms with Gasteiger partial charge in [-0.2, -0.15) is 0 Å². The molecule has 0 bridgehead atoms. The number of rotatable bonds is 4. The fourth-order valence-electron chi connectivity index (χ4n) is 3.22. The van der Waals surface area contributed by atoms with Crippen molar-refractivity contribution in [1.82, 2.24) is 0 Å². The van der Waals surface area contributed by atoms with Crippen molar-refractivity contribution in [3.63, 3.8) is 0 Å². The van der Waals surface area contributed by atoms with Crippen LogP contribution in [0.4, 0.5) is 0 Å². The van der Waals surface area contributed by atoms with Crippen molar-refractivity contribution in [2.75, 3.05) is 6.61 Å². The zero-order valence-corrected chi connectivity index (χ0v) is 10.5. The second-order valence-corrected chi connectivity index (χ2v) is 6.06. The lowest BCUT2D eigenvalue weighted by molar-refractivity contribution is -0.141. The molecule has 0 aromatic rings. The summed E-state index contributed by atoms with van der Waals surface area (Å²) in [6.07, 6.45) is 5.09. The Labute approximate surface area is 97.2 Å². The molecule has 3 heteroatoms. The molecule has 0 aromatic carbocycles. The van der Waals surface area contributed by atoms with E-state index in [9.17, 15) is 4.79 Å². The highest BCUT2D eigenvalue weighted by atomic mass is 16.5. The van der Waals surface area contributed by atoms with E-state index < -0.39 is 11.6 Å². The predicted molar refractivity (Wildman–Crippen MR) is 61.2 cm³/mol. The van der Waals surface area contributed by atoms with Crippen LogP contribution in [0.3, 0.4) is 0 Å². The van der Waals surface area contributed by atoms with E-state index in [-0.39, 0.29) is 11.3 Å². The summed E-state index contributed by atoms with van der Waals surface area (Å²) in [5, 5.41) is 9.14. The minimum Gasteiger partial charge on any atom is -0.481 e. The summed E-state index contributed by atoms with van der Waals surface area (Å²) in [5.74, 6) is -0.414. The zero-order chi connectivity index (χ0) is 12.0. The fraction of sp³-hybridized carbons (Fsp3) is 0.923. The Bertz CT molecular complexity index is 292. The number of carboxylic acids is 1. The molecule has 1 N–H and O–H groups in total. The van der Waals surface area contributed by atoms with E-state index in [1.807, 2.05) is 20.8 Å². The van der Waals surface area contributed by atoms with Gasteiger partial charge in [0, 0.05) is 5.41 Å². The van der Waals surface area contributed by atoms with Gasteiger partial charge >= 0.3 is 5.97 Å². The third-order valence-electron chi connectivity index (χ3n) is 4.81. The van der Waals surface area contributed by atoms with Crippen molar-refractivity contribution in [3.8, 4) is 0 Å². The van der Waals surface area contributed by atoms with Gasteiger partial charge in [-0.25, -0.2) is 0 Å². The van der Waals surface area contributed by atoms with Crippen molar-refractivity contribution in [2.24, 2.45) is 17.3 Å². The molecule has 0 saturated heterocycles. The Morgan fingerprint density at radius 1 is 1.31 bits per heavy atom. The van der Waals surface area contributed by atoms with Gasteiger partial charge in [0.2, 0.25) is 0 Å². The van der Waals surface area contributed by atoms with Gasteiger partial charge in [-0.05, 0) is 25.7 Å². The first-order chi connectivity index (χ1) is 7.39. The molecular formula is C13H22O3. The standard InChI is InChI=1S/C13H22O3/c1-12(2)10(11(14)15)13(12,3)16-8-9-6-4-5-7-9/h9-10H,4-8H2,1-3H3,(H,14,15). The SMILES string of the molecule is CC1(C)C(C(=O)O)C1(C)OCC1CCCC1. The smallest absolute Gasteiger partial charge is 0.310 e. The zero-order valence-electron chi connectivity index (χ0n) is 10.5. The van der Waals surface area contributed by atoms with Crippen LogP contribution in [0, 0.1) is 17.3 Å². The van der Waals surface area contributed by atoms with Crippen LogP contribution < -0.4 is 0 Å². The summed E-state index contributed by atoms with van der Waals surface area (Å²) in [6, 6.07) is 0. The van der Waals surface area contributed by atoms with Gasteiger partial charge in [0.1, 0.15) is 0 Å². The van der Waals surface area contributed by atoms with E-state index in [1.165, 1.54) is 25.7 Å². The van der Waals surface area contributed by atoms with E-state index >= 15 is 0 Å². The maximum absolute atomic E-state index is 11.1. The molecule has 0 aromatic heterocycles. The number of aliphatic carboxylic acids is 1. The fourth-order valence-corrected chi connectivity index (χ4v) is 3.22. The first kappa shape index (κ1) is 11.9. The van der Waals surface area contributed by atoms with E-state index in [0.717, 1.165) is 6.61 Å². The molecular weight excluding hydrogens is 204 g/mol. The molecule has 0 aliphatic heterocycles. The van der Waals surface area contributed by atoms with E-state index in [1.54, 1.807) is 0 Å². The summed E-state index contributed by atoms with van der Waals surface area (Å²) in [7, 11) is 0. The third-order valence-corrected chi connectivity index (χ3v) is 4.81. The van der Waals surface area contributed by atoms with Gasteiger partial charge in [0.25, 0.3) is 0 Å². The molecule has 0 radical (unpaired) electrons. The average Bonchev–Trinajstić information content (AvgIpc) is 2.57. The van der Waals surface area contributed by atoms with Gasteiger partial charge in [-0.1, -0.05) is 26.7 Å². The third kappa shape index (κ3) is 1.65. The Morgan fingerprint density at radius 2 is 1.88 bits per heavy atom. The molecule has 2 saturated carbocycles. The van der Waals surface area contributed by atoms with Gasteiger partial charge in [0.05, 0.1) is 18.1 Å². The van der Waals surface area contributed by atoms with Crippen LogP contribution in [0.15, 0.2) is 0 Å². The minimum atomic E-state index is -0.723. The topological polar surface area (TPSA) is 46.5 Å². The van der Waals surface area contributed by atoms with E-state index in [4.69, 9.17) is 9.84 Å². The largest absolute Gasteiger partial charge is 0.481 e. The highest BCUT2D eigenvalue weighted by Crippen LogP contribution is 2.64. The minimum absolute atomic E-state index is 0.225. The summed E-state index contributed by atoms with van der Waals surface area (Å²) in [5.41, 5.74) is -0.682. The van der Waals surface area contributed by atoms with E-state index in [0.29, 0.717) is 5.92 Å². The Kier molecular flexibility index (Phi) is 2.77. The van der Waals surface area contributed by atoms with Gasteiger partial charge in [0.15, 0.2) is 0 Å². The molecule has 2 aliphatic carbocycles. The van der Waals surface area contributed by atoms with Crippen molar-refractivity contribution in [2.45, 2.75) is 52.1 Å². The first-order valence-corrected chi connectivity index (χ1v) is 6.26. The molecule has 0 heterocycles. The van der Waals surface area contributed by atoms with E-state index in [2.05, 4.69) is 0 Å². The highest BCUT2D eigenvalue weighted by Gasteiger charge is 2.73. The van der Waals surface area contributed by atoms with Gasteiger partial charge in [-0.15, -0.1) is 0 Å². The number of carboxylic acid groups (broad SMARTS) is 1. The van der Waals surface area contributed by atoms with Crippen molar-refractivity contribution in [3.05, 3.63) is 0 Å². The normalized spacial score (nSPS) is 37.6. The molecule has 2 rings (SSSR count). The number of hydrogen-bond donors (Lipinski definition) is 1. The van der Waals surface area contributed by atoms with Crippen LogP contribution in [0.5, 0.6) is 0 Å². The first-order valence-electron chi connectivity index (χ1n) is 6.26. The molecule has 92 valence electrons. The highest BCUT2D eigenvalue weighted by molar-refractivity contribution is 5.77. The van der Waals surface area contributed by atoms with Crippen LogP contribution in [0.2, 0.25) is 0 Å². The van der Waals surface area contributed by atoms with Crippen LogP contribution in [-0.2, 0) is 9.53 Å². The number of carbonyl (C=O) groups is 1. The second-order valence-electron chi connectivity index (χ2n) is 6.06. The van der Waals surface area contributed by atoms with Crippen LogP contribution in [-0.4, -0.2) is 23.3 Å². The molecule has 2 atom stereocenters. The second kappa shape index (κ2) is 3.73. The van der Waals surface area contributed by atoms with Gasteiger partial charge in [-0.3, -0.25) is 4.79 Å².